The molecule has 2 atom stereocenters. The Hall–Kier alpha value is -0.610. The van der Waals surface area contributed by atoms with Crippen LogP contribution in [0.4, 0.5) is 0 Å². The zero-order valence-corrected chi connectivity index (χ0v) is 10.7. The Morgan fingerprint density at radius 2 is 2.06 bits per heavy atom. The minimum Gasteiger partial charge on any atom is -0.390 e. The van der Waals surface area contributed by atoms with Gasteiger partial charge in [-0.15, -0.1) is 0 Å². The van der Waals surface area contributed by atoms with Gasteiger partial charge in [0.2, 0.25) is 5.91 Å². The third-order valence-electron chi connectivity index (χ3n) is 2.50. The molecule has 0 aliphatic heterocycles. The lowest BCUT2D eigenvalue weighted by Crippen LogP contribution is -2.43. The first-order valence-corrected chi connectivity index (χ1v) is 6.17. The van der Waals surface area contributed by atoms with Crippen molar-refractivity contribution in [3.63, 3.8) is 0 Å². The average molecular weight is 230 g/mol. The Bertz CT molecular complexity index is 195. The number of hydrogen-bond donors (Lipinski definition) is 3. The summed E-state index contributed by atoms with van der Waals surface area (Å²) in [6, 6.07) is -0.258. The van der Waals surface area contributed by atoms with Crippen LogP contribution in [0.3, 0.4) is 0 Å². The largest absolute Gasteiger partial charge is 0.390 e. The summed E-state index contributed by atoms with van der Waals surface area (Å²) in [6.07, 6.45) is 2.55. The SMILES string of the molecule is CCCCC(=O)NCC(O)[C@@H](N)CC(C)C. The Labute approximate surface area is 98.6 Å². The van der Waals surface area contributed by atoms with E-state index in [-0.39, 0.29) is 18.5 Å². The van der Waals surface area contributed by atoms with Gasteiger partial charge in [0.05, 0.1) is 6.10 Å². The van der Waals surface area contributed by atoms with Gasteiger partial charge in [-0.3, -0.25) is 4.79 Å². The molecule has 0 radical (unpaired) electrons. The highest BCUT2D eigenvalue weighted by Gasteiger charge is 2.16. The fourth-order valence-electron chi connectivity index (χ4n) is 1.50. The van der Waals surface area contributed by atoms with E-state index in [1.54, 1.807) is 0 Å². The van der Waals surface area contributed by atoms with Crippen LogP contribution in [-0.2, 0) is 4.79 Å². The van der Waals surface area contributed by atoms with Crippen LogP contribution in [0.2, 0.25) is 0 Å². The maximum absolute atomic E-state index is 11.3. The van der Waals surface area contributed by atoms with Crippen LogP contribution >= 0.6 is 0 Å². The van der Waals surface area contributed by atoms with Crippen LogP contribution in [0.25, 0.3) is 0 Å². The third kappa shape index (κ3) is 7.65. The average Bonchev–Trinajstić information content (AvgIpc) is 2.21. The minimum absolute atomic E-state index is 0.00218. The van der Waals surface area contributed by atoms with Crippen molar-refractivity contribution in [1.82, 2.24) is 5.32 Å². The van der Waals surface area contributed by atoms with E-state index in [4.69, 9.17) is 5.73 Å². The molecule has 0 saturated heterocycles. The van der Waals surface area contributed by atoms with Crippen molar-refractivity contribution in [2.75, 3.05) is 6.54 Å². The summed E-state index contributed by atoms with van der Waals surface area (Å²) in [7, 11) is 0. The number of unbranched alkanes of at least 4 members (excludes halogenated alkanes) is 1. The normalized spacial score (nSPS) is 14.9. The molecule has 0 rings (SSSR count). The summed E-state index contributed by atoms with van der Waals surface area (Å²) in [6.45, 7) is 6.43. The van der Waals surface area contributed by atoms with Gasteiger partial charge in [-0.25, -0.2) is 0 Å². The first-order valence-electron chi connectivity index (χ1n) is 6.17. The summed E-state index contributed by atoms with van der Waals surface area (Å²) >= 11 is 0. The molecule has 1 amide bonds. The molecule has 0 bridgehead atoms. The van der Waals surface area contributed by atoms with Crippen LogP contribution in [0.15, 0.2) is 0 Å². The summed E-state index contributed by atoms with van der Waals surface area (Å²) in [5.41, 5.74) is 5.80. The van der Waals surface area contributed by atoms with Crippen molar-refractivity contribution >= 4 is 5.91 Å². The van der Waals surface area contributed by atoms with Gasteiger partial charge in [0.15, 0.2) is 0 Å². The van der Waals surface area contributed by atoms with Crippen molar-refractivity contribution in [3.05, 3.63) is 0 Å². The zero-order chi connectivity index (χ0) is 12.6. The maximum atomic E-state index is 11.3. The van der Waals surface area contributed by atoms with Crippen molar-refractivity contribution in [3.8, 4) is 0 Å². The Balaban J connectivity index is 3.70. The van der Waals surface area contributed by atoms with Crippen molar-refractivity contribution in [1.29, 1.82) is 0 Å². The molecule has 16 heavy (non-hydrogen) atoms. The number of carbonyl (C=O) groups excluding carboxylic acids is 1. The number of nitrogens with one attached hydrogen (secondary N) is 1. The van der Waals surface area contributed by atoms with E-state index < -0.39 is 6.10 Å². The number of rotatable bonds is 8. The highest BCUT2D eigenvalue weighted by molar-refractivity contribution is 5.75. The lowest BCUT2D eigenvalue weighted by atomic mass is 10.00. The molecule has 4 N–H and O–H groups in total. The maximum Gasteiger partial charge on any atom is 0.220 e. The lowest BCUT2D eigenvalue weighted by Gasteiger charge is -2.20. The first-order chi connectivity index (χ1) is 7.47. The molecule has 0 heterocycles. The number of aliphatic hydroxyl groups excluding tert-OH is 1. The Kier molecular flexibility index (Phi) is 8.21. The predicted molar refractivity (Wildman–Crippen MR) is 66.0 cm³/mol. The minimum atomic E-state index is -0.645. The number of amides is 1. The fraction of sp³-hybridized carbons (Fsp3) is 0.917. The molecule has 0 aromatic carbocycles. The van der Waals surface area contributed by atoms with Crippen LogP contribution in [-0.4, -0.2) is 29.7 Å². The molecule has 0 aromatic rings. The number of nitrogens with two attached hydrogens (primary N) is 1. The zero-order valence-electron chi connectivity index (χ0n) is 10.7. The second-order valence-electron chi connectivity index (χ2n) is 4.77. The molecule has 96 valence electrons. The van der Waals surface area contributed by atoms with Crippen LogP contribution in [0.1, 0.15) is 46.5 Å². The molecule has 0 aliphatic carbocycles. The summed E-state index contributed by atoms with van der Waals surface area (Å²) in [5.74, 6) is 0.457. The highest BCUT2D eigenvalue weighted by Crippen LogP contribution is 2.05. The smallest absolute Gasteiger partial charge is 0.220 e. The molecule has 0 saturated carbocycles. The molecule has 4 heteroatoms. The van der Waals surface area contributed by atoms with E-state index in [9.17, 15) is 9.90 Å². The van der Waals surface area contributed by atoms with Gasteiger partial charge in [-0.1, -0.05) is 27.2 Å². The fourth-order valence-corrected chi connectivity index (χ4v) is 1.50. The van der Waals surface area contributed by atoms with E-state index >= 15 is 0 Å². The van der Waals surface area contributed by atoms with E-state index in [1.807, 2.05) is 6.92 Å². The quantitative estimate of drug-likeness (QED) is 0.583. The van der Waals surface area contributed by atoms with Gasteiger partial charge >= 0.3 is 0 Å². The van der Waals surface area contributed by atoms with Gasteiger partial charge < -0.3 is 16.2 Å². The third-order valence-corrected chi connectivity index (χ3v) is 2.50. The predicted octanol–water partition coefficient (Wildman–Crippen LogP) is 1.03. The molecule has 4 nitrogen and oxygen atoms in total. The van der Waals surface area contributed by atoms with E-state index in [0.29, 0.717) is 12.3 Å². The van der Waals surface area contributed by atoms with Gasteiger partial charge in [0.1, 0.15) is 0 Å². The molecular weight excluding hydrogens is 204 g/mol. The van der Waals surface area contributed by atoms with E-state index in [1.165, 1.54) is 0 Å². The van der Waals surface area contributed by atoms with Crippen LogP contribution in [0.5, 0.6) is 0 Å². The lowest BCUT2D eigenvalue weighted by molar-refractivity contribution is -0.121. The molecule has 0 spiro atoms. The second kappa shape index (κ2) is 8.53. The van der Waals surface area contributed by atoms with Gasteiger partial charge in [0.25, 0.3) is 0 Å². The number of aliphatic hydroxyl groups is 1. The standard InChI is InChI=1S/C12H26N2O2/c1-4-5-6-12(16)14-8-11(15)10(13)7-9(2)3/h9-11,15H,4-8,13H2,1-3H3,(H,14,16)/t10-,11?/m0/s1. The van der Waals surface area contributed by atoms with Gasteiger partial charge in [-0.2, -0.15) is 0 Å². The summed E-state index contributed by atoms with van der Waals surface area (Å²) < 4.78 is 0. The topological polar surface area (TPSA) is 75.3 Å². The molecule has 1 unspecified atom stereocenters. The van der Waals surface area contributed by atoms with Crippen molar-refractivity contribution in [2.24, 2.45) is 11.7 Å². The highest BCUT2D eigenvalue weighted by atomic mass is 16.3. The van der Waals surface area contributed by atoms with Crippen LogP contribution in [0, 0.1) is 5.92 Å². The van der Waals surface area contributed by atoms with E-state index in [0.717, 1.165) is 19.3 Å². The molecule has 0 aliphatic rings. The monoisotopic (exact) mass is 230 g/mol. The van der Waals surface area contributed by atoms with Gasteiger partial charge in [0, 0.05) is 19.0 Å². The number of carbonyl (C=O) groups is 1. The number of hydrogen-bond acceptors (Lipinski definition) is 3. The van der Waals surface area contributed by atoms with E-state index in [2.05, 4.69) is 19.2 Å². The summed E-state index contributed by atoms with van der Waals surface area (Å²) in [4.78, 5) is 11.3. The first kappa shape index (κ1) is 15.4. The van der Waals surface area contributed by atoms with Crippen molar-refractivity contribution < 1.29 is 9.90 Å². The Morgan fingerprint density at radius 1 is 1.44 bits per heavy atom. The second-order valence-corrected chi connectivity index (χ2v) is 4.77. The molecule has 0 fully saturated rings. The molecular formula is C12H26N2O2. The van der Waals surface area contributed by atoms with Crippen LogP contribution < -0.4 is 11.1 Å². The Morgan fingerprint density at radius 3 is 2.56 bits per heavy atom. The molecule has 0 aromatic heterocycles. The van der Waals surface area contributed by atoms with Crippen molar-refractivity contribution in [2.45, 2.75) is 58.6 Å². The van der Waals surface area contributed by atoms with Gasteiger partial charge in [-0.05, 0) is 18.8 Å². The summed E-state index contributed by atoms with van der Waals surface area (Å²) in [5, 5.41) is 12.4.